The van der Waals surface area contributed by atoms with Crippen LogP contribution >= 0.6 is 0 Å². The van der Waals surface area contributed by atoms with Crippen molar-refractivity contribution in [2.24, 2.45) is 0 Å². The maximum Gasteiger partial charge on any atom is 0.167 e. The minimum absolute atomic E-state index is 0.0331. The van der Waals surface area contributed by atoms with Crippen LogP contribution in [0.25, 0.3) is 11.3 Å². The molecule has 0 radical (unpaired) electrons. The first-order chi connectivity index (χ1) is 17.7. The maximum absolute atomic E-state index is 9.15. The Bertz CT molecular complexity index is 1320. The molecule has 184 valence electrons. The van der Waals surface area contributed by atoms with Crippen LogP contribution < -0.4 is 0 Å². The van der Waals surface area contributed by atoms with E-state index in [1.807, 2.05) is 72.3 Å². The Labute approximate surface area is 210 Å². The summed E-state index contributed by atoms with van der Waals surface area (Å²) in [6, 6.07) is 17.4. The lowest BCUT2D eigenvalue weighted by Crippen LogP contribution is -2.24. The van der Waals surface area contributed by atoms with E-state index in [1.165, 1.54) is 0 Å². The molecule has 0 saturated carbocycles. The van der Waals surface area contributed by atoms with E-state index in [1.54, 1.807) is 6.20 Å². The summed E-state index contributed by atoms with van der Waals surface area (Å²) in [5, 5.41) is 13.4. The third kappa shape index (κ3) is 5.92. The number of aromatic nitrogens is 3. The maximum atomic E-state index is 9.15. The standard InChI is InChI=1S/C29H29N3O4/c1-21(35-28-4-2-3-17-34-28)29-30-15-16-32(29)19-26-18-27(36-31-26)25-13-11-23(12-14-25)6-5-22-7-9-24(20-33)10-8-22/h7-16,18,21,28,33H,2-4,17,19-20H2,1H3/t21-,28?/m0/s1. The normalized spacial score (nSPS) is 16.3. The fraction of sp³-hybridized carbons (Fsp3) is 0.310. The van der Waals surface area contributed by atoms with E-state index < -0.39 is 0 Å². The van der Waals surface area contributed by atoms with Gasteiger partial charge in [0, 0.05) is 41.8 Å². The molecule has 5 rings (SSSR count). The van der Waals surface area contributed by atoms with Crippen molar-refractivity contribution in [1.29, 1.82) is 0 Å². The first-order valence-electron chi connectivity index (χ1n) is 12.2. The van der Waals surface area contributed by atoms with Crippen LogP contribution in [0.1, 0.15) is 60.5 Å². The first-order valence-corrected chi connectivity index (χ1v) is 12.2. The van der Waals surface area contributed by atoms with Gasteiger partial charge in [0.1, 0.15) is 17.6 Å². The highest BCUT2D eigenvalue weighted by molar-refractivity contribution is 5.59. The van der Waals surface area contributed by atoms with E-state index in [-0.39, 0.29) is 19.0 Å². The highest BCUT2D eigenvalue weighted by atomic mass is 16.7. The molecule has 0 spiro atoms. The van der Waals surface area contributed by atoms with Crippen molar-refractivity contribution in [2.75, 3.05) is 6.61 Å². The van der Waals surface area contributed by atoms with Crippen LogP contribution in [0.2, 0.25) is 0 Å². The van der Waals surface area contributed by atoms with E-state index in [4.69, 9.17) is 19.1 Å². The van der Waals surface area contributed by atoms with Crippen LogP contribution in [0, 0.1) is 11.8 Å². The van der Waals surface area contributed by atoms with Crippen molar-refractivity contribution in [1.82, 2.24) is 14.7 Å². The number of hydrogen-bond acceptors (Lipinski definition) is 6. The monoisotopic (exact) mass is 483 g/mol. The summed E-state index contributed by atoms with van der Waals surface area (Å²) in [4.78, 5) is 4.50. The number of ether oxygens (including phenoxy) is 2. The van der Waals surface area contributed by atoms with E-state index in [0.29, 0.717) is 12.3 Å². The van der Waals surface area contributed by atoms with Crippen LogP contribution in [0.3, 0.4) is 0 Å². The van der Waals surface area contributed by atoms with Crippen molar-refractivity contribution in [3.05, 3.63) is 95.2 Å². The van der Waals surface area contributed by atoms with Gasteiger partial charge in [-0.3, -0.25) is 0 Å². The van der Waals surface area contributed by atoms with Crippen LogP contribution in [-0.4, -0.2) is 32.7 Å². The molecule has 3 heterocycles. The van der Waals surface area contributed by atoms with Crippen molar-refractivity contribution < 1.29 is 19.1 Å². The Balaban J connectivity index is 1.22. The zero-order chi connectivity index (χ0) is 24.7. The minimum Gasteiger partial charge on any atom is -0.392 e. The van der Waals surface area contributed by atoms with Crippen molar-refractivity contribution in [3.8, 4) is 23.2 Å². The first kappa shape index (κ1) is 24.0. The molecule has 4 aromatic rings. The van der Waals surface area contributed by atoms with Gasteiger partial charge in [-0.05, 0) is 68.1 Å². The van der Waals surface area contributed by atoms with Gasteiger partial charge >= 0.3 is 0 Å². The summed E-state index contributed by atoms with van der Waals surface area (Å²) in [5.74, 6) is 7.85. The number of nitrogens with zero attached hydrogens (tertiary/aromatic N) is 3. The fourth-order valence-electron chi connectivity index (χ4n) is 4.17. The molecule has 0 bridgehead atoms. The van der Waals surface area contributed by atoms with E-state index in [2.05, 4.69) is 22.0 Å². The van der Waals surface area contributed by atoms with Gasteiger partial charge in [-0.1, -0.05) is 29.1 Å². The second-order valence-electron chi connectivity index (χ2n) is 8.85. The molecule has 2 aromatic carbocycles. The van der Waals surface area contributed by atoms with Crippen LogP contribution in [0.15, 0.2) is 71.5 Å². The zero-order valence-electron chi connectivity index (χ0n) is 20.3. The SMILES string of the molecule is C[C@H](OC1CCCCO1)c1nccn1Cc1cc(-c2ccc(C#Cc3ccc(CO)cc3)cc2)on1. The molecule has 1 aliphatic rings. The predicted octanol–water partition coefficient (Wildman–Crippen LogP) is 5.08. The Kier molecular flexibility index (Phi) is 7.58. The summed E-state index contributed by atoms with van der Waals surface area (Å²) in [7, 11) is 0. The molecule has 1 fully saturated rings. The smallest absolute Gasteiger partial charge is 0.167 e. The topological polar surface area (TPSA) is 82.5 Å². The van der Waals surface area contributed by atoms with Crippen molar-refractivity contribution in [3.63, 3.8) is 0 Å². The van der Waals surface area contributed by atoms with E-state index in [0.717, 1.165) is 59.6 Å². The number of aliphatic hydroxyl groups excluding tert-OH is 1. The average Bonchev–Trinajstić information content (AvgIpc) is 3.59. The second-order valence-corrected chi connectivity index (χ2v) is 8.85. The van der Waals surface area contributed by atoms with E-state index in [9.17, 15) is 0 Å². The molecule has 36 heavy (non-hydrogen) atoms. The molecule has 7 heteroatoms. The molecule has 0 amide bonds. The second kappa shape index (κ2) is 11.4. The number of rotatable bonds is 7. The highest BCUT2D eigenvalue weighted by Crippen LogP contribution is 2.25. The molecule has 1 saturated heterocycles. The molecule has 0 aliphatic carbocycles. The molecule has 1 unspecified atom stereocenters. The Hall–Kier alpha value is -3.70. The van der Waals surface area contributed by atoms with Crippen molar-refractivity contribution >= 4 is 0 Å². The summed E-state index contributed by atoms with van der Waals surface area (Å²) < 4.78 is 19.4. The highest BCUT2D eigenvalue weighted by Gasteiger charge is 2.21. The molecular formula is C29H29N3O4. The Morgan fingerprint density at radius 2 is 1.83 bits per heavy atom. The quantitative estimate of drug-likeness (QED) is 0.369. The van der Waals surface area contributed by atoms with Gasteiger partial charge in [0.05, 0.1) is 13.2 Å². The van der Waals surface area contributed by atoms with Crippen molar-refractivity contribution in [2.45, 2.75) is 51.7 Å². The van der Waals surface area contributed by atoms with Gasteiger partial charge in [0.25, 0.3) is 0 Å². The molecule has 1 aliphatic heterocycles. The van der Waals surface area contributed by atoms with Crippen LogP contribution in [0.4, 0.5) is 0 Å². The lowest BCUT2D eigenvalue weighted by molar-refractivity contribution is -0.188. The third-order valence-corrected chi connectivity index (χ3v) is 6.15. The molecule has 1 N–H and O–H groups in total. The molecule has 7 nitrogen and oxygen atoms in total. The van der Waals surface area contributed by atoms with Gasteiger partial charge in [-0.2, -0.15) is 0 Å². The lowest BCUT2D eigenvalue weighted by Gasteiger charge is -2.26. The summed E-state index contributed by atoms with van der Waals surface area (Å²) >= 11 is 0. The Morgan fingerprint density at radius 3 is 2.53 bits per heavy atom. The average molecular weight is 484 g/mol. The lowest BCUT2D eigenvalue weighted by atomic mass is 10.1. The van der Waals surface area contributed by atoms with Crippen LogP contribution in [0.5, 0.6) is 0 Å². The largest absolute Gasteiger partial charge is 0.392 e. The Morgan fingerprint density at radius 1 is 1.08 bits per heavy atom. The summed E-state index contributed by atoms with van der Waals surface area (Å²) in [6.45, 7) is 3.32. The molecular weight excluding hydrogens is 454 g/mol. The third-order valence-electron chi connectivity index (χ3n) is 6.15. The predicted molar refractivity (Wildman–Crippen MR) is 135 cm³/mol. The van der Waals surface area contributed by atoms with Crippen LogP contribution in [-0.2, 0) is 22.6 Å². The number of hydrogen-bond donors (Lipinski definition) is 1. The summed E-state index contributed by atoms with van der Waals surface area (Å²) in [6.07, 6.45) is 6.48. The fourth-order valence-corrected chi connectivity index (χ4v) is 4.17. The van der Waals surface area contributed by atoms with Gasteiger partial charge in [-0.25, -0.2) is 4.98 Å². The van der Waals surface area contributed by atoms with Gasteiger partial charge in [0.15, 0.2) is 12.1 Å². The summed E-state index contributed by atoms with van der Waals surface area (Å²) in [5.41, 5.74) is 4.42. The van der Waals surface area contributed by atoms with Gasteiger partial charge < -0.3 is 23.7 Å². The minimum atomic E-state index is -0.184. The van der Waals surface area contributed by atoms with E-state index >= 15 is 0 Å². The molecule has 2 aromatic heterocycles. The number of benzene rings is 2. The van der Waals surface area contributed by atoms with Gasteiger partial charge in [-0.15, -0.1) is 0 Å². The molecule has 2 atom stereocenters. The zero-order valence-corrected chi connectivity index (χ0v) is 20.3. The number of aliphatic hydroxyl groups is 1. The van der Waals surface area contributed by atoms with Gasteiger partial charge in [0.2, 0.25) is 0 Å². The number of imidazole rings is 1.